The zero-order valence-electron chi connectivity index (χ0n) is 18.0. The fourth-order valence-corrected chi connectivity index (χ4v) is 5.04. The third-order valence-electron chi connectivity index (χ3n) is 4.54. The lowest BCUT2D eigenvalue weighted by atomic mass is 10.1. The lowest BCUT2D eigenvalue weighted by molar-refractivity contribution is -0.145. The van der Waals surface area contributed by atoms with Gasteiger partial charge in [-0.1, -0.05) is 6.07 Å². The minimum atomic E-state index is -0.800. The quantitative estimate of drug-likeness (QED) is 0.222. The Morgan fingerprint density at radius 1 is 1.12 bits per heavy atom. The molecule has 0 atom stereocenters. The Hall–Kier alpha value is -2.73. The van der Waals surface area contributed by atoms with Crippen molar-refractivity contribution >= 4 is 74.1 Å². The molecule has 0 aliphatic carbocycles. The number of benzene rings is 2. The van der Waals surface area contributed by atoms with Crippen LogP contribution in [0.3, 0.4) is 0 Å². The molecule has 0 radical (unpaired) electrons. The first kappa shape index (κ1) is 24.9. The number of ether oxygens (including phenoxy) is 2. The number of anilines is 1. The van der Waals surface area contributed by atoms with Crippen molar-refractivity contribution in [3.8, 4) is 5.75 Å². The number of halogens is 2. The van der Waals surface area contributed by atoms with Gasteiger partial charge in [0.05, 0.1) is 20.3 Å². The van der Waals surface area contributed by atoms with E-state index in [1.54, 1.807) is 31.2 Å². The molecule has 1 heterocycles. The van der Waals surface area contributed by atoms with Crippen molar-refractivity contribution in [1.29, 1.82) is 0 Å². The van der Waals surface area contributed by atoms with Crippen LogP contribution in [0.1, 0.15) is 23.6 Å². The predicted octanol–water partition coefficient (Wildman–Crippen LogP) is 4.28. The summed E-state index contributed by atoms with van der Waals surface area (Å²) < 4.78 is 11.6. The number of imide groups is 2. The number of barbiturate groups is 1. The third kappa shape index (κ3) is 5.80. The minimum Gasteiger partial charge on any atom is -0.480 e. The third-order valence-corrected chi connectivity index (χ3v) is 5.93. The maximum absolute atomic E-state index is 13.1. The number of carbonyl (C=O) groups is 4. The van der Waals surface area contributed by atoms with Crippen molar-refractivity contribution in [3.63, 3.8) is 0 Å². The first-order valence-corrected chi connectivity index (χ1v) is 11.7. The van der Waals surface area contributed by atoms with E-state index >= 15 is 0 Å². The van der Waals surface area contributed by atoms with Gasteiger partial charge in [-0.25, -0.2) is 14.5 Å². The number of rotatable bonds is 6. The van der Waals surface area contributed by atoms with Crippen LogP contribution in [0.5, 0.6) is 5.75 Å². The lowest BCUT2D eigenvalue weighted by Gasteiger charge is -2.27. The van der Waals surface area contributed by atoms with Crippen molar-refractivity contribution in [2.45, 2.75) is 20.8 Å². The van der Waals surface area contributed by atoms with Gasteiger partial charge in [-0.2, -0.15) is 0 Å². The number of urea groups is 1. The van der Waals surface area contributed by atoms with Crippen molar-refractivity contribution in [2.75, 3.05) is 18.1 Å². The molecular formula is C23H20BrIN2O6. The fourth-order valence-electron chi connectivity index (χ4n) is 3.27. The van der Waals surface area contributed by atoms with E-state index in [-0.39, 0.29) is 18.8 Å². The van der Waals surface area contributed by atoms with Gasteiger partial charge in [0.25, 0.3) is 11.8 Å². The highest BCUT2D eigenvalue weighted by Gasteiger charge is 2.37. The van der Waals surface area contributed by atoms with Crippen molar-refractivity contribution in [2.24, 2.45) is 0 Å². The molecule has 172 valence electrons. The van der Waals surface area contributed by atoms with E-state index < -0.39 is 23.8 Å². The summed E-state index contributed by atoms with van der Waals surface area (Å²) >= 11 is 5.42. The van der Waals surface area contributed by atoms with Gasteiger partial charge in [-0.3, -0.25) is 14.9 Å². The molecule has 1 N–H and O–H groups in total. The molecule has 8 nitrogen and oxygen atoms in total. The Morgan fingerprint density at radius 2 is 1.79 bits per heavy atom. The topological polar surface area (TPSA) is 102 Å². The Labute approximate surface area is 212 Å². The van der Waals surface area contributed by atoms with Crippen LogP contribution in [0.4, 0.5) is 10.5 Å². The van der Waals surface area contributed by atoms with Crippen molar-refractivity contribution in [3.05, 3.63) is 60.6 Å². The summed E-state index contributed by atoms with van der Waals surface area (Å²) in [4.78, 5) is 50.6. The van der Waals surface area contributed by atoms with Crippen LogP contribution in [-0.4, -0.2) is 37.0 Å². The van der Waals surface area contributed by atoms with Gasteiger partial charge in [0, 0.05) is 0 Å². The Balaban J connectivity index is 1.92. The summed E-state index contributed by atoms with van der Waals surface area (Å²) in [6.45, 7) is 5.42. The number of esters is 1. The standard InChI is InChI=1S/C23H20BrIN2O6/c1-4-32-19(28)11-33-20-17(24)9-14(10-18(20)25)8-16-21(29)26-23(31)27(22(16)30)15-6-12(2)5-13(3)7-15/h5-10H,4,11H2,1-3H3,(H,26,29,31)/b16-8+. The Kier molecular flexibility index (Phi) is 7.90. The van der Waals surface area contributed by atoms with Crippen LogP contribution in [-0.2, 0) is 19.1 Å². The molecule has 0 saturated carbocycles. The maximum atomic E-state index is 13.1. The van der Waals surface area contributed by atoms with Crippen LogP contribution >= 0.6 is 38.5 Å². The molecule has 10 heteroatoms. The van der Waals surface area contributed by atoms with Gasteiger partial charge in [-0.05, 0) is 106 Å². The first-order chi connectivity index (χ1) is 15.6. The number of aryl methyl sites for hydroxylation is 2. The summed E-state index contributed by atoms with van der Waals surface area (Å²) in [6.07, 6.45) is 1.40. The molecule has 0 spiro atoms. The van der Waals surface area contributed by atoms with E-state index in [4.69, 9.17) is 9.47 Å². The maximum Gasteiger partial charge on any atom is 0.344 e. The summed E-state index contributed by atoms with van der Waals surface area (Å²) in [6, 6.07) is 7.86. The molecule has 1 fully saturated rings. The predicted molar refractivity (Wildman–Crippen MR) is 134 cm³/mol. The summed E-state index contributed by atoms with van der Waals surface area (Å²) in [7, 11) is 0. The molecule has 1 aliphatic rings. The monoisotopic (exact) mass is 626 g/mol. The lowest BCUT2D eigenvalue weighted by Crippen LogP contribution is -2.54. The summed E-state index contributed by atoms with van der Waals surface area (Å²) in [5.74, 6) is -1.56. The van der Waals surface area contributed by atoms with E-state index in [0.717, 1.165) is 16.0 Å². The number of nitrogens with zero attached hydrogens (tertiary/aromatic N) is 1. The van der Waals surface area contributed by atoms with Crippen molar-refractivity contribution < 1.29 is 28.7 Å². The van der Waals surface area contributed by atoms with Gasteiger partial charge >= 0.3 is 12.0 Å². The van der Waals surface area contributed by atoms with E-state index in [2.05, 4.69) is 21.2 Å². The van der Waals surface area contributed by atoms with Gasteiger partial charge < -0.3 is 9.47 Å². The summed E-state index contributed by atoms with van der Waals surface area (Å²) in [5.41, 5.74) is 2.49. The molecular weight excluding hydrogens is 607 g/mol. The number of nitrogens with one attached hydrogen (secondary N) is 1. The minimum absolute atomic E-state index is 0.184. The number of hydrogen-bond acceptors (Lipinski definition) is 6. The van der Waals surface area contributed by atoms with Crippen LogP contribution in [0.15, 0.2) is 40.4 Å². The SMILES string of the molecule is CCOC(=O)COc1c(Br)cc(/C=C2\C(=O)NC(=O)N(c3cc(C)cc(C)c3)C2=O)cc1I. The van der Waals surface area contributed by atoms with Gasteiger partial charge in [0.2, 0.25) is 0 Å². The highest BCUT2D eigenvalue weighted by Crippen LogP contribution is 2.33. The molecule has 2 aromatic carbocycles. The van der Waals surface area contributed by atoms with Crippen LogP contribution in [0.25, 0.3) is 6.08 Å². The van der Waals surface area contributed by atoms with Gasteiger partial charge in [0.1, 0.15) is 11.3 Å². The van der Waals surface area contributed by atoms with Crippen LogP contribution < -0.4 is 15.0 Å². The molecule has 0 aromatic heterocycles. The van der Waals surface area contributed by atoms with Gasteiger partial charge in [-0.15, -0.1) is 0 Å². The van der Waals surface area contributed by atoms with E-state index in [0.29, 0.717) is 25.0 Å². The van der Waals surface area contributed by atoms with Crippen molar-refractivity contribution in [1.82, 2.24) is 5.32 Å². The number of carbonyl (C=O) groups excluding carboxylic acids is 4. The van der Waals surface area contributed by atoms with E-state index in [1.807, 2.05) is 42.5 Å². The molecule has 33 heavy (non-hydrogen) atoms. The summed E-state index contributed by atoms with van der Waals surface area (Å²) in [5, 5.41) is 2.22. The highest BCUT2D eigenvalue weighted by molar-refractivity contribution is 14.1. The smallest absolute Gasteiger partial charge is 0.344 e. The zero-order chi connectivity index (χ0) is 24.3. The normalized spacial score (nSPS) is 15.0. The Morgan fingerprint density at radius 3 is 2.39 bits per heavy atom. The average molecular weight is 627 g/mol. The second kappa shape index (κ2) is 10.5. The van der Waals surface area contributed by atoms with E-state index in [1.165, 1.54) is 6.08 Å². The first-order valence-electron chi connectivity index (χ1n) is 9.88. The zero-order valence-corrected chi connectivity index (χ0v) is 21.8. The Bertz CT molecular complexity index is 1150. The number of hydrogen-bond donors (Lipinski definition) is 1. The second-order valence-electron chi connectivity index (χ2n) is 7.21. The fraction of sp³-hybridized carbons (Fsp3) is 0.217. The van der Waals surface area contributed by atoms with Crippen LogP contribution in [0.2, 0.25) is 0 Å². The molecule has 3 rings (SSSR count). The van der Waals surface area contributed by atoms with Gasteiger partial charge in [0.15, 0.2) is 6.61 Å². The molecule has 0 unspecified atom stereocenters. The molecule has 0 bridgehead atoms. The van der Waals surface area contributed by atoms with E-state index in [9.17, 15) is 19.2 Å². The highest BCUT2D eigenvalue weighted by atomic mass is 127. The molecule has 4 amide bonds. The average Bonchev–Trinajstić information content (AvgIpc) is 2.70. The molecule has 2 aromatic rings. The second-order valence-corrected chi connectivity index (χ2v) is 9.23. The molecule has 1 saturated heterocycles. The number of amides is 4. The largest absolute Gasteiger partial charge is 0.480 e. The molecule has 1 aliphatic heterocycles. The van der Waals surface area contributed by atoms with Crippen LogP contribution in [0, 0.1) is 17.4 Å².